The molecule has 0 radical (unpaired) electrons. The number of nitrogens with zero attached hydrogens (tertiary/aromatic N) is 5. The van der Waals surface area contributed by atoms with E-state index in [1.807, 2.05) is 19.9 Å². The zero-order valence-corrected chi connectivity index (χ0v) is 15.2. The molecule has 0 bridgehead atoms. The van der Waals surface area contributed by atoms with E-state index >= 15 is 0 Å². The first-order chi connectivity index (χ1) is 12.3. The van der Waals surface area contributed by atoms with Gasteiger partial charge in [0.1, 0.15) is 5.69 Å². The molecule has 1 aromatic carbocycles. The molecule has 1 amide bonds. The summed E-state index contributed by atoms with van der Waals surface area (Å²) in [7, 11) is 0. The maximum absolute atomic E-state index is 12.2. The molecule has 0 spiro atoms. The van der Waals surface area contributed by atoms with Crippen LogP contribution in [0.4, 0.5) is 11.4 Å². The van der Waals surface area contributed by atoms with Crippen LogP contribution in [0.15, 0.2) is 29.4 Å². The van der Waals surface area contributed by atoms with E-state index in [9.17, 15) is 14.9 Å². The van der Waals surface area contributed by atoms with Crippen molar-refractivity contribution in [1.29, 1.82) is 0 Å². The summed E-state index contributed by atoms with van der Waals surface area (Å²) in [4.78, 5) is 31.4. The Kier molecular flexibility index (Phi) is 4.85. The fourth-order valence-electron chi connectivity index (χ4n) is 2.48. The van der Waals surface area contributed by atoms with Gasteiger partial charge in [0.25, 0.3) is 11.5 Å². The van der Waals surface area contributed by atoms with Crippen molar-refractivity contribution in [2.75, 3.05) is 11.1 Å². The van der Waals surface area contributed by atoms with E-state index in [1.165, 1.54) is 6.07 Å². The smallest absolute Gasteiger partial charge is 0.293 e. The number of carbonyl (C=O) groups is 1. The molecule has 0 aliphatic rings. The van der Waals surface area contributed by atoms with Crippen molar-refractivity contribution >= 4 is 34.8 Å². The van der Waals surface area contributed by atoms with Crippen molar-refractivity contribution in [2.24, 2.45) is 0 Å². The minimum Gasteiger partial charge on any atom is -0.319 e. The Hall–Kier alpha value is -3.01. The summed E-state index contributed by atoms with van der Waals surface area (Å²) in [5.74, 6) is 0.132. The highest BCUT2D eigenvalue weighted by atomic mass is 32.2. The van der Waals surface area contributed by atoms with E-state index in [2.05, 4.69) is 20.4 Å². The number of rotatable bonds is 5. The molecule has 0 saturated carbocycles. The number of nitro benzene ring substituents is 1. The molecule has 2 aromatic heterocycles. The maximum Gasteiger partial charge on any atom is 0.293 e. The van der Waals surface area contributed by atoms with Crippen LogP contribution in [0.2, 0.25) is 0 Å². The maximum atomic E-state index is 12.2. The molecule has 0 aliphatic heterocycles. The fraction of sp³-hybridized carbons (Fsp3) is 0.250. The number of anilines is 1. The number of hydrogen-bond donors (Lipinski definition) is 1. The lowest BCUT2D eigenvalue weighted by Gasteiger charge is -2.08. The molecular weight excluding hydrogens is 356 g/mol. The lowest BCUT2D eigenvalue weighted by Crippen LogP contribution is -2.16. The Morgan fingerprint density at radius 3 is 2.81 bits per heavy atom. The molecule has 3 rings (SSSR count). The Morgan fingerprint density at radius 2 is 2.08 bits per heavy atom. The third-order valence-corrected chi connectivity index (χ3v) is 4.48. The first-order valence-corrected chi connectivity index (χ1v) is 8.71. The number of amides is 1. The van der Waals surface area contributed by atoms with Crippen LogP contribution in [0.1, 0.15) is 17.0 Å². The highest BCUT2D eigenvalue weighted by Gasteiger charge is 2.18. The number of hydrogen-bond acceptors (Lipinski definition) is 7. The van der Waals surface area contributed by atoms with Gasteiger partial charge in [0, 0.05) is 17.5 Å². The van der Waals surface area contributed by atoms with Gasteiger partial charge in [-0.05, 0) is 32.4 Å². The minimum atomic E-state index is -0.518. The first-order valence-electron chi connectivity index (χ1n) is 7.73. The molecule has 26 heavy (non-hydrogen) atoms. The summed E-state index contributed by atoms with van der Waals surface area (Å²) in [5.41, 5.74) is 2.43. The second-order valence-electron chi connectivity index (χ2n) is 5.71. The van der Waals surface area contributed by atoms with Gasteiger partial charge in [0.2, 0.25) is 11.1 Å². The number of benzene rings is 1. The van der Waals surface area contributed by atoms with Gasteiger partial charge >= 0.3 is 0 Å². The van der Waals surface area contributed by atoms with Crippen molar-refractivity contribution in [1.82, 2.24) is 19.6 Å². The van der Waals surface area contributed by atoms with Crippen molar-refractivity contribution in [3.05, 3.63) is 51.3 Å². The Morgan fingerprint density at radius 1 is 1.31 bits per heavy atom. The predicted molar refractivity (Wildman–Crippen MR) is 97.4 cm³/mol. The van der Waals surface area contributed by atoms with Gasteiger partial charge in [0.05, 0.1) is 10.7 Å². The number of para-hydroxylation sites is 1. The number of nitrogens with one attached hydrogen (secondary N) is 1. The van der Waals surface area contributed by atoms with Gasteiger partial charge < -0.3 is 5.32 Å². The number of aromatic nitrogens is 4. The number of thioether (sulfide) groups is 1. The third-order valence-electron chi connectivity index (χ3n) is 3.64. The second kappa shape index (κ2) is 7.08. The molecule has 10 heteroatoms. The Labute approximate surface area is 153 Å². The van der Waals surface area contributed by atoms with Crippen molar-refractivity contribution in [3.8, 4) is 0 Å². The van der Waals surface area contributed by atoms with Crippen molar-refractivity contribution in [3.63, 3.8) is 0 Å². The zero-order valence-electron chi connectivity index (χ0n) is 14.4. The molecular formula is C16H16N6O3S. The van der Waals surface area contributed by atoms with E-state index in [0.29, 0.717) is 16.5 Å². The number of nitro groups is 1. The van der Waals surface area contributed by atoms with Crippen LogP contribution in [0.5, 0.6) is 0 Å². The van der Waals surface area contributed by atoms with Gasteiger partial charge in [0.15, 0.2) is 0 Å². The van der Waals surface area contributed by atoms with Crippen LogP contribution in [0.3, 0.4) is 0 Å². The Balaban J connectivity index is 1.72. The highest BCUT2D eigenvalue weighted by molar-refractivity contribution is 7.99. The molecule has 9 nitrogen and oxygen atoms in total. The first kappa shape index (κ1) is 17.8. The van der Waals surface area contributed by atoms with E-state index in [1.54, 1.807) is 23.6 Å². The number of aryl methyl sites for hydroxylation is 3. The van der Waals surface area contributed by atoms with Crippen molar-refractivity contribution in [2.45, 2.75) is 25.9 Å². The van der Waals surface area contributed by atoms with Gasteiger partial charge in [-0.2, -0.15) is 4.98 Å². The monoisotopic (exact) mass is 372 g/mol. The van der Waals surface area contributed by atoms with Crippen LogP contribution < -0.4 is 5.32 Å². The fourth-order valence-corrected chi connectivity index (χ4v) is 3.10. The average molecular weight is 372 g/mol. The highest BCUT2D eigenvalue weighted by Crippen LogP contribution is 2.28. The van der Waals surface area contributed by atoms with Crippen LogP contribution in [0, 0.1) is 30.9 Å². The Bertz CT molecular complexity index is 1020. The van der Waals surface area contributed by atoms with E-state index in [4.69, 9.17) is 0 Å². The SMILES string of the molecule is Cc1cc(C)n2nc(SCC(=O)Nc3c(C)cccc3[N+](=O)[O-])nc2n1. The van der Waals surface area contributed by atoms with E-state index in [-0.39, 0.29) is 23.0 Å². The molecule has 0 aliphatic carbocycles. The average Bonchev–Trinajstić information content (AvgIpc) is 2.98. The molecule has 0 saturated heterocycles. The normalized spacial score (nSPS) is 10.9. The van der Waals surface area contributed by atoms with Gasteiger partial charge in [-0.1, -0.05) is 23.9 Å². The largest absolute Gasteiger partial charge is 0.319 e. The summed E-state index contributed by atoms with van der Waals surface area (Å²) < 4.78 is 1.61. The predicted octanol–water partition coefficient (Wildman–Crippen LogP) is 2.69. The van der Waals surface area contributed by atoms with Crippen LogP contribution >= 0.6 is 11.8 Å². The van der Waals surface area contributed by atoms with Gasteiger partial charge in [-0.15, -0.1) is 5.10 Å². The van der Waals surface area contributed by atoms with Gasteiger partial charge in [-0.3, -0.25) is 14.9 Å². The number of carbonyl (C=O) groups excluding carboxylic acids is 1. The summed E-state index contributed by atoms with van der Waals surface area (Å²) in [6.45, 7) is 5.47. The standard InChI is InChI=1S/C16H16N6O3S/c1-9-5-4-6-12(22(24)25)14(9)18-13(23)8-26-16-19-15-17-10(2)7-11(3)21(15)20-16/h4-7H,8H2,1-3H3,(H,18,23). The molecule has 1 N–H and O–H groups in total. The quantitative estimate of drug-likeness (QED) is 0.416. The number of fused-ring (bicyclic) bond motifs is 1. The summed E-state index contributed by atoms with van der Waals surface area (Å²) in [5, 5.41) is 18.4. The summed E-state index contributed by atoms with van der Waals surface area (Å²) in [6.07, 6.45) is 0. The van der Waals surface area contributed by atoms with Crippen LogP contribution in [-0.4, -0.2) is 36.2 Å². The lowest BCUT2D eigenvalue weighted by atomic mass is 10.1. The summed E-state index contributed by atoms with van der Waals surface area (Å²) in [6, 6.07) is 6.53. The van der Waals surface area contributed by atoms with Crippen LogP contribution in [0.25, 0.3) is 5.78 Å². The molecule has 2 heterocycles. The van der Waals surface area contributed by atoms with E-state index in [0.717, 1.165) is 23.1 Å². The minimum absolute atomic E-state index is 0.0282. The summed E-state index contributed by atoms with van der Waals surface area (Å²) >= 11 is 1.14. The van der Waals surface area contributed by atoms with Crippen LogP contribution in [-0.2, 0) is 4.79 Å². The molecule has 0 unspecified atom stereocenters. The zero-order chi connectivity index (χ0) is 18.8. The molecule has 134 valence electrons. The molecule has 3 aromatic rings. The van der Waals surface area contributed by atoms with E-state index < -0.39 is 4.92 Å². The molecule has 0 atom stereocenters. The lowest BCUT2D eigenvalue weighted by molar-refractivity contribution is -0.384. The second-order valence-corrected chi connectivity index (χ2v) is 6.65. The molecule has 0 fully saturated rings. The topological polar surface area (TPSA) is 115 Å². The van der Waals surface area contributed by atoms with Gasteiger partial charge in [-0.25, -0.2) is 9.50 Å². The van der Waals surface area contributed by atoms with Crippen molar-refractivity contribution < 1.29 is 9.72 Å². The third kappa shape index (κ3) is 3.64.